The molecule has 0 radical (unpaired) electrons. The number of carbonyl (C=O) groups is 2. The van der Waals surface area contributed by atoms with Crippen LogP contribution in [0.5, 0.6) is 0 Å². The number of fused-ring (bicyclic) bond motifs is 3. The predicted molar refractivity (Wildman–Crippen MR) is 116 cm³/mol. The van der Waals surface area contributed by atoms with Gasteiger partial charge in [0.25, 0.3) is 11.5 Å². The van der Waals surface area contributed by atoms with Gasteiger partial charge in [-0.1, -0.05) is 29.8 Å². The summed E-state index contributed by atoms with van der Waals surface area (Å²) in [6.07, 6.45) is 0.179. The second kappa shape index (κ2) is 8.23. The number of aryl methyl sites for hydroxylation is 1. The topological polar surface area (TPSA) is 103 Å². The number of hydrogen-bond acceptors (Lipinski definition) is 6. The van der Waals surface area contributed by atoms with E-state index in [-0.39, 0.29) is 5.58 Å². The van der Waals surface area contributed by atoms with Gasteiger partial charge in [-0.3, -0.25) is 19.0 Å². The van der Waals surface area contributed by atoms with Crippen molar-refractivity contribution in [2.45, 2.75) is 26.5 Å². The maximum atomic E-state index is 12.7. The molecule has 0 saturated carbocycles. The van der Waals surface area contributed by atoms with Crippen molar-refractivity contribution in [3.8, 4) is 0 Å². The van der Waals surface area contributed by atoms with Gasteiger partial charge in [-0.15, -0.1) is 0 Å². The maximum Gasteiger partial charge on any atom is 0.326 e. The Labute approximate surface area is 181 Å². The molecular formula is C22H18ClN3O5. The van der Waals surface area contributed by atoms with Crippen molar-refractivity contribution in [2.24, 2.45) is 0 Å². The van der Waals surface area contributed by atoms with E-state index in [2.05, 4.69) is 10.3 Å². The molecule has 1 unspecified atom stereocenters. The summed E-state index contributed by atoms with van der Waals surface area (Å²) in [6.45, 7) is 2.85. The quantitative estimate of drug-likeness (QED) is 0.476. The summed E-state index contributed by atoms with van der Waals surface area (Å²) < 4.78 is 11.9. The minimum Gasteiger partial charge on any atom is -0.451 e. The summed E-state index contributed by atoms with van der Waals surface area (Å²) in [7, 11) is 0. The first-order valence-corrected chi connectivity index (χ1v) is 9.84. The third-order valence-corrected chi connectivity index (χ3v) is 5.02. The van der Waals surface area contributed by atoms with E-state index in [4.69, 9.17) is 20.8 Å². The van der Waals surface area contributed by atoms with Crippen molar-refractivity contribution in [3.63, 3.8) is 0 Å². The molecule has 9 heteroatoms. The highest BCUT2D eigenvalue weighted by atomic mass is 35.5. The largest absolute Gasteiger partial charge is 0.451 e. The number of nitrogens with zero attached hydrogens (tertiary/aromatic N) is 2. The second-order valence-electron chi connectivity index (χ2n) is 7.03. The maximum absolute atomic E-state index is 12.7. The van der Waals surface area contributed by atoms with E-state index in [1.165, 1.54) is 13.3 Å². The number of halogens is 1. The van der Waals surface area contributed by atoms with E-state index in [1.54, 1.807) is 36.4 Å². The summed E-state index contributed by atoms with van der Waals surface area (Å²) in [5, 5.41) is 3.86. The summed E-state index contributed by atoms with van der Waals surface area (Å²) in [6, 6.07) is 12.2. The van der Waals surface area contributed by atoms with E-state index in [0.29, 0.717) is 27.2 Å². The van der Waals surface area contributed by atoms with Gasteiger partial charge in [-0.25, -0.2) is 4.98 Å². The number of nitrogens with one attached hydrogen (secondary N) is 1. The zero-order valence-electron chi connectivity index (χ0n) is 16.7. The van der Waals surface area contributed by atoms with Crippen molar-refractivity contribution in [3.05, 3.63) is 69.7 Å². The molecule has 0 aliphatic carbocycles. The lowest BCUT2D eigenvalue weighted by Gasteiger charge is -2.15. The summed E-state index contributed by atoms with van der Waals surface area (Å²) in [4.78, 5) is 41.6. The monoisotopic (exact) mass is 439 g/mol. The first-order valence-electron chi connectivity index (χ1n) is 9.46. The Kier molecular flexibility index (Phi) is 5.48. The molecule has 0 aliphatic heterocycles. The molecule has 0 bridgehead atoms. The minimum absolute atomic E-state index is 0.0544. The Morgan fingerprint density at radius 3 is 2.84 bits per heavy atom. The zero-order valence-corrected chi connectivity index (χ0v) is 17.5. The average molecular weight is 440 g/mol. The van der Waals surface area contributed by atoms with Gasteiger partial charge in [0.2, 0.25) is 5.58 Å². The molecule has 0 saturated heterocycles. The fourth-order valence-corrected chi connectivity index (χ4v) is 3.29. The molecular weight excluding hydrogens is 422 g/mol. The van der Waals surface area contributed by atoms with Gasteiger partial charge in [0.15, 0.2) is 6.10 Å². The smallest absolute Gasteiger partial charge is 0.326 e. The molecule has 4 rings (SSSR count). The van der Waals surface area contributed by atoms with Crippen LogP contribution < -0.4 is 10.9 Å². The Balaban J connectivity index is 1.46. The molecule has 4 aromatic rings. The van der Waals surface area contributed by atoms with Crippen LogP contribution >= 0.6 is 11.6 Å². The first kappa shape index (κ1) is 20.6. The lowest BCUT2D eigenvalue weighted by Crippen LogP contribution is -2.33. The number of para-hydroxylation sites is 1. The molecule has 2 aromatic carbocycles. The van der Waals surface area contributed by atoms with Gasteiger partial charge < -0.3 is 14.5 Å². The average Bonchev–Trinajstić information content (AvgIpc) is 3.12. The summed E-state index contributed by atoms with van der Waals surface area (Å²) in [5.74, 6) is -1.28. The number of amides is 1. The first-order chi connectivity index (χ1) is 14.8. The number of anilines is 1. The minimum atomic E-state index is -1.08. The number of carbonyl (C=O) groups excluding carboxylic acids is 2. The van der Waals surface area contributed by atoms with Crippen molar-refractivity contribution in [1.82, 2.24) is 9.55 Å². The predicted octanol–water partition coefficient (Wildman–Crippen LogP) is 3.67. The van der Waals surface area contributed by atoms with E-state index >= 15 is 0 Å². The van der Waals surface area contributed by atoms with Crippen LogP contribution in [0.2, 0.25) is 5.02 Å². The highest BCUT2D eigenvalue weighted by Crippen LogP contribution is 2.24. The molecule has 1 N–H and O–H groups in total. The highest BCUT2D eigenvalue weighted by molar-refractivity contribution is 6.31. The van der Waals surface area contributed by atoms with Crippen LogP contribution in [0.25, 0.3) is 22.1 Å². The zero-order chi connectivity index (χ0) is 22.1. The molecule has 0 spiro atoms. The second-order valence-corrected chi connectivity index (χ2v) is 7.47. The number of rotatable bonds is 5. The van der Waals surface area contributed by atoms with Gasteiger partial charge in [0, 0.05) is 16.1 Å². The molecule has 8 nitrogen and oxygen atoms in total. The molecule has 0 fully saturated rings. The molecule has 158 valence electrons. The standard InChI is InChI=1S/C22H18ClN3O5/c1-12-7-8-14(23)9-16(12)25-21(28)13(2)30-18(27)10-26-11-24-19-15-5-3-4-6-17(15)31-20(19)22(26)29/h3-9,11,13H,10H2,1-2H3,(H,25,28). The Morgan fingerprint density at radius 2 is 2.03 bits per heavy atom. The molecule has 0 aliphatic rings. The number of ether oxygens (including phenoxy) is 1. The number of aromatic nitrogens is 2. The Hall–Kier alpha value is -3.65. The molecule has 2 heterocycles. The normalized spacial score (nSPS) is 12.1. The Morgan fingerprint density at radius 1 is 1.26 bits per heavy atom. The van der Waals surface area contributed by atoms with Crippen LogP contribution in [0.3, 0.4) is 0 Å². The van der Waals surface area contributed by atoms with E-state index < -0.39 is 30.1 Å². The van der Waals surface area contributed by atoms with Crippen LogP contribution in [0.1, 0.15) is 12.5 Å². The number of esters is 1. The molecule has 2 aromatic heterocycles. The van der Waals surface area contributed by atoms with Crippen LogP contribution in [0.15, 0.2) is 58.0 Å². The van der Waals surface area contributed by atoms with Gasteiger partial charge in [0.05, 0.1) is 6.33 Å². The van der Waals surface area contributed by atoms with Crippen molar-refractivity contribution >= 4 is 51.2 Å². The van der Waals surface area contributed by atoms with Gasteiger partial charge in [0.1, 0.15) is 17.6 Å². The number of benzene rings is 2. The molecule has 31 heavy (non-hydrogen) atoms. The van der Waals surface area contributed by atoms with Crippen LogP contribution in [-0.4, -0.2) is 27.5 Å². The molecule has 1 amide bonds. The van der Waals surface area contributed by atoms with Crippen LogP contribution in [0.4, 0.5) is 5.69 Å². The van der Waals surface area contributed by atoms with Gasteiger partial charge >= 0.3 is 5.97 Å². The van der Waals surface area contributed by atoms with Crippen molar-refractivity contribution in [1.29, 1.82) is 0 Å². The summed E-state index contributed by atoms with van der Waals surface area (Å²) >= 11 is 5.95. The van der Waals surface area contributed by atoms with Crippen molar-refractivity contribution in [2.75, 3.05) is 5.32 Å². The van der Waals surface area contributed by atoms with E-state index in [9.17, 15) is 14.4 Å². The Bertz CT molecular complexity index is 1370. The number of hydrogen-bond donors (Lipinski definition) is 1. The SMILES string of the molecule is Cc1ccc(Cl)cc1NC(=O)C(C)OC(=O)Cn1cnc2c(oc3ccccc32)c1=O. The van der Waals surface area contributed by atoms with Crippen molar-refractivity contribution < 1.29 is 18.7 Å². The molecule has 1 atom stereocenters. The number of furan rings is 1. The van der Waals surface area contributed by atoms with E-state index in [0.717, 1.165) is 10.1 Å². The van der Waals surface area contributed by atoms with E-state index in [1.807, 2.05) is 13.0 Å². The van der Waals surface area contributed by atoms with Crippen LogP contribution in [-0.2, 0) is 20.9 Å². The van der Waals surface area contributed by atoms with Gasteiger partial charge in [-0.05, 0) is 43.7 Å². The lowest BCUT2D eigenvalue weighted by atomic mass is 10.2. The third-order valence-electron chi connectivity index (χ3n) is 4.78. The highest BCUT2D eigenvalue weighted by Gasteiger charge is 2.20. The fourth-order valence-electron chi connectivity index (χ4n) is 3.12. The fraction of sp³-hybridized carbons (Fsp3) is 0.182. The van der Waals surface area contributed by atoms with Gasteiger partial charge in [-0.2, -0.15) is 0 Å². The third kappa shape index (κ3) is 4.15. The lowest BCUT2D eigenvalue weighted by molar-refractivity contribution is -0.153. The van der Waals surface area contributed by atoms with Crippen LogP contribution in [0, 0.1) is 6.92 Å². The summed E-state index contributed by atoms with van der Waals surface area (Å²) in [5.41, 5.74) is 1.84.